The molecule has 2 aromatic carbocycles. The van der Waals surface area contributed by atoms with Gasteiger partial charge in [-0.25, -0.2) is 9.40 Å². The molecule has 0 bridgehead atoms. The first kappa shape index (κ1) is 17.8. The molecule has 0 saturated heterocycles. The summed E-state index contributed by atoms with van der Waals surface area (Å²) >= 11 is 0. The summed E-state index contributed by atoms with van der Waals surface area (Å²) in [6.07, 6.45) is 0.552. The summed E-state index contributed by atoms with van der Waals surface area (Å²) in [7, 11) is 1.67. The maximum absolute atomic E-state index is 13.0. The van der Waals surface area contributed by atoms with Crippen LogP contribution in [0.3, 0.4) is 0 Å². The molecule has 0 aromatic heterocycles. The van der Waals surface area contributed by atoms with Crippen LogP contribution in [-0.2, 0) is 16.1 Å². The summed E-state index contributed by atoms with van der Waals surface area (Å²) in [6.45, 7) is 2.28. The molecular formula is C20H20FN3O2. The molecule has 1 aliphatic rings. The molecule has 0 N–H and O–H groups in total. The maximum Gasteiger partial charge on any atom is 0.270 e. The number of carbonyl (C=O) groups excluding carboxylic acids is 2. The average Bonchev–Trinajstić information content (AvgIpc) is 2.63. The Morgan fingerprint density at radius 2 is 1.92 bits per heavy atom. The maximum atomic E-state index is 13.0. The SMILES string of the molecule is Cc1cccc(N2N=C(C(=O)N(C)Cc3ccc(F)cc3)CCC2=O)c1. The van der Waals surface area contributed by atoms with Gasteiger partial charge in [0.1, 0.15) is 11.5 Å². The molecule has 2 aromatic rings. The number of halogens is 1. The molecule has 0 spiro atoms. The summed E-state index contributed by atoms with van der Waals surface area (Å²) in [5.74, 6) is -0.681. The van der Waals surface area contributed by atoms with Crippen molar-refractivity contribution in [2.45, 2.75) is 26.3 Å². The molecule has 5 nitrogen and oxygen atoms in total. The molecule has 26 heavy (non-hydrogen) atoms. The Morgan fingerprint density at radius 1 is 1.19 bits per heavy atom. The van der Waals surface area contributed by atoms with Crippen molar-refractivity contribution in [3.05, 3.63) is 65.5 Å². The molecular weight excluding hydrogens is 333 g/mol. The summed E-state index contributed by atoms with van der Waals surface area (Å²) < 4.78 is 13.0. The van der Waals surface area contributed by atoms with Gasteiger partial charge < -0.3 is 4.90 Å². The van der Waals surface area contributed by atoms with Gasteiger partial charge in [-0.2, -0.15) is 5.10 Å². The number of nitrogens with zero attached hydrogens (tertiary/aromatic N) is 3. The van der Waals surface area contributed by atoms with E-state index >= 15 is 0 Å². The lowest BCUT2D eigenvalue weighted by Gasteiger charge is -2.25. The Labute approximate surface area is 151 Å². The van der Waals surface area contributed by atoms with Gasteiger partial charge >= 0.3 is 0 Å². The predicted octanol–water partition coefficient (Wildman–Crippen LogP) is 3.28. The van der Waals surface area contributed by atoms with E-state index in [0.29, 0.717) is 24.4 Å². The third-order valence-electron chi connectivity index (χ3n) is 4.21. The van der Waals surface area contributed by atoms with E-state index in [4.69, 9.17) is 0 Å². The van der Waals surface area contributed by atoms with Gasteiger partial charge in [0.15, 0.2) is 0 Å². The van der Waals surface area contributed by atoms with Crippen molar-refractivity contribution in [1.29, 1.82) is 0 Å². The second-order valence-corrected chi connectivity index (χ2v) is 6.38. The second kappa shape index (κ2) is 7.47. The minimum absolute atomic E-state index is 0.131. The molecule has 1 aliphatic heterocycles. The van der Waals surface area contributed by atoms with Crippen LogP contribution in [-0.4, -0.2) is 29.5 Å². The molecule has 0 unspecified atom stereocenters. The lowest BCUT2D eigenvalue weighted by molar-refractivity contribution is -0.123. The van der Waals surface area contributed by atoms with Crippen molar-refractivity contribution >= 4 is 23.2 Å². The molecule has 134 valence electrons. The fraction of sp³-hybridized carbons (Fsp3) is 0.250. The van der Waals surface area contributed by atoms with Gasteiger partial charge in [-0.05, 0) is 42.3 Å². The highest BCUT2D eigenvalue weighted by molar-refractivity contribution is 6.40. The van der Waals surface area contributed by atoms with E-state index in [-0.39, 0.29) is 24.1 Å². The molecule has 0 saturated carbocycles. The van der Waals surface area contributed by atoms with Crippen molar-refractivity contribution in [3.8, 4) is 0 Å². The van der Waals surface area contributed by atoms with Gasteiger partial charge in [-0.1, -0.05) is 24.3 Å². The quantitative estimate of drug-likeness (QED) is 0.847. The topological polar surface area (TPSA) is 53.0 Å². The van der Waals surface area contributed by atoms with Gasteiger partial charge in [0, 0.05) is 26.4 Å². The molecule has 0 aliphatic carbocycles. The van der Waals surface area contributed by atoms with Gasteiger partial charge in [-0.3, -0.25) is 9.59 Å². The highest BCUT2D eigenvalue weighted by Gasteiger charge is 2.27. The van der Waals surface area contributed by atoms with Gasteiger partial charge in [0.05, 0.1) is 5.69 Å². The Hall–Kier alpha value is -3.02. The van der Waals surface area contributed by atoms with E-state index in [9.17, 15) is 14.0 Å². The fourth-order valence-corrected chi connectivity index (χ4v) is 2.82. The van der Waals surface area contributed by atoms with E-state index < -0.39 is 0 Å². The van der Waals surface area contributed by atoms with Crippen LogP contribution in [0.15, 0.2) is 53.6 Å². The number of amides is 2. The number of hydrogen-bond donors (Lipinski definition) is 0. The number of benzene rings is 2. The standard InChI is InChI=1S/C20H20FN3O2/c1-14-4-3-5-17(12-14)24-19(25)11-10-18(22-24)20(26)23(2)13-15-6-8-16(21)9-7-15/h3-9,12H,10-11,13H2,1-2H3. The van der Waals surface area contributed by atoms with Crippen LogP contribution < -0.4 is 5.01 Å². The lowest BCUT2D eigenvalue weighted by Crippen LogP contribution is -2.39. The number of carbonyl (C=O) groups is 2. The van der Waals surface area contributed by atoms with Crippen LogP contribution in [0.2, 0.25) is 0 Å². The number of hydrogen-bond acceptors (Lipinski definition) is 3. The van der Waals surface area contributed by atoms with Crippen molar-refractivity contribution in [2.24, 2.45) is 5.10 Å². The summed E-state index contributed by atoms with van der Waals surface area (Å²) in [5, 5.41) is 5.60. The van der Waals surface area contributed by atoms with Crippen LogP contribution in [0.1, 0.15) is 24.0 Å². The smallest absolute Gasteiger partial charge is 0.270 e. The Balaban J connectivity index is 1.78. The lowest BCUT2D eigenvalue weighted by atomic mass is 10.1. The van der Waals surface area contributed by atoms with Crippen LogP contribution >= 0.6 is 0 Å². The molecule has 0 radical (unpaired) electrons. The molecule has 0 fully saturated rings. The Morgan fingerprint density at radius 3 is 2.62 bits per heavy atom. The first-order valence-corrected chi connectivity index (χ1v) is 8.41. The number of hydrazone groups is 1. The van der Waals surface area contributed by atoms with Crippen molar-refractivity contribution in [3.63, 3.8) is 0 Å². The average molecular weight is 353 g/mol. The highest BCUT2D eigenvalue weighted by Crippen LogP contribution is 2.22. The summed E-state index contributed by atoms with van der Waals surface area (Å²) in [6, 6.07) is 13.5. The molecule has 3 rings (SSSR count). The van der Waals surface area contributed by atoms with E-state index in [2.05, 4.69) is 5.10 Å². The Bertz CT molecular complexity index is 862. The van der Waals surface area contributed by atoms with E-state index in [1.165, 1.54) is 22.0 Å². The van der Waals surface area contributed by atoms with Gasteiger partial charge in [0.25, 0.3) is 5.91 Å². The van der Waals surface area contributed by atoms with Gasteiger partial charge in [0.2, 0.25) is 5.91 Å². The van der Waals surface area contributed by atoms with E-state index in [0.717, 1.165) is 11.1 Å². The fourth-order valence-electron chi connectivity index (χ4n) is 2.82. The molecule has 2 amide bonds. The minimum atomic E-state index is -0.313. The van der Waals surface area contributed by atoms with E-state index in [1.54, 1.807) is 25.2 Å². The predicted molar refractivity (Wildman–Crippen MR) is 98.2 cm³/mol. The first-order chi connectivity index (χ1) is 12.4. The molecule has 6 heteroatoms. The Kier molecular flexibility index (Phi) is 5.11. The van der Waals surface area contributed by atoms with Crippen molar-refractivity contribution in [1.82, 2.24) is 4.90 Å². The highest BCUT2D eigenvalue weighted by atomic mass is 19.1. The zero-order valence-electron chi connectivity index (χ0n) is 14.8. The third-order valence-corrected chi connectivity index (χ3v) is 4.21. The minimum Gasteiger partial charge on any atom is -0.336 e. The normalized spacial score (nSPS) is 14.2. The number of aryl methyl sites for hydroxylation is 1. The van der Waals surface area contributed by atoms with Crippen LogP contribution in [0.5, 0.6) is 0 Å². The molecule has 1 heterocycles. The van der Waals surface area contributed by atoms with E-state index in [1.807, 2.05) is 25.1 Å². The monoisotopic (exact) mass is 353 g/mol. The van der Waals surface area contributed by atoms with Crippen LogP contribution in [0, 0.1) is 12.7 Å². The first-order valence-electron chi connectivity index (χ1n) is 8.41. The number of rotatable bonds is 4. The second-order valence-electron chi connectivity index (χ2n) is 6.38. The number of anilines is 1. The zero-order valence-corrected chi connectivity index (χ0v) is 14.8. The van der Waals surface area contributed by atoms with Gasteiger partial charge in [-0.15, -0.1) is 0 Å². The summed E-state index contributed by atoms with van der Waals surface area (Å²) in [5.41, 5.74) is 2.83. The third kappa shape index (κ3) is 3.96. The van der Waals surface area contributed by atoms with Crippen LogP contribution in [0.4, 0.5) is 10.1 Å². The largest absolute Gasteiger partial charge is 0.336 e. The molecule has 0 atom stereocenters. The zero-order chi connectivity index (χ0) is 18.7. The van der Waals surface area contributed by atoms with Crippen molar-refractivity contribution in [2.75, 3.05) is 12.1 Å². The van der Waals surface area contributed by atoms with Crippen LogP contribution in [0.25, 0.3) is 0 Å². The summed E-state index contributed by atoms with van der Waals surface area (Å²) in [4.78, 5) is 26.5. The van der Waals surface area contributed by atoms with Crippen molar-refractivity contribution < 1.29 is 14.0 Å².